The first-order valence-electron chi connectivity index (χ1n) is 9.69. The molecule has 0 aliphatic carbocycles. The number of hydrogen-bond acceptors (Lipinski definition) is 4. The molecule has 0 aliphatic heterocycles. The SMILES string of the molecule is CCCC(C=O)c1c(-c2ccc(OC)cc2)c2cc(C)ccc2c(=O)n1C.CO. The van der Waals surface area contributed by atoms with Crippen LogP contribution in [-0.4, -0.2) is 30.2 Å². The largest absolute Gasteiger partial charge is 0.497 e. The van der Waals surface area contributed by atoms with E-state index in [1.54, 1.807) is 18.7 Å². The minimum atomic E-state index is -0.324. The number of hydrogen-bond donors (Lipinski definition) is 1. The van der Waals surface area contributed by atoms with Crippen LogP contribution in [0.2, 0.25) is 0 Å². The van der Waals surface area contributed by atoms with Crippen LogP contribution in [0, 0.1) is 6.92 Å². The van der Waals surface area contributed by atoms with Crippen molar-refractivity contribution in [1.29, 1.82) is 0 Å². The second-order valence-electron chi connectivity index (χ2n) is 6.93. The third-order valence-corrected chi connectivity index (χ3v) is 5.09. The van der Waals surface area contributed by atoms with Crippen LogP contribution in [-0.2, 0) is 11.8 Å². The van der Waals surface area contributed by atoms with Crippen molar-refractivity contribution in [3.63, 3.8) is 0 Å². The van der Waals surface area contributed by atoms with Crippen LogP contribution in [0.5, 0.6) is 5.75 Å². The number of aldehydes is 1. The molecule has 0 radical (unpaired) electrons. The van der Waals surface area contributed by atoms with E-state index in [1.165, 1.54) is 0 Å². The van der Waals surface area contributed by atoms with E-state index in [0.717, 1.165) is 53.3 Å². The van der Waals surface area contributed by atoms with Crippen LogP contribution in [0.4, 0.5) is 0 Å². The molecule has 0 fully saturated rings. The smallest absolute Gasteiger partial charge is 0.258 e. The molecule has 154 valence electrons. The zero-order valence-corrected chi connectivity index (χ0v) is 17.7. The fourth-order valence-corrected chi connectivity index (χ4v) is 3.72. The maximum absolute atomic E-state index is 13.0. The van der Waals surface area contributed by atoms with Gasteiger partial charge in [-0.15, -0.1) is 0 Å². The molecule has 0 saturated carbocycles. The van der Waals surface area contributed by atoms with E-state index < -0.39 is 0 Å². The fourth-order valence-electron chi connectivity index (χ4n) is 3.72. The summed E-state index contributed by atoms with van der Waals surface area (Å²) in [6.45, 7) is 4.06. The van der Waals surface area contributed by atoms with Gasteiger partial charge in [0.05, 0.1) is 13.0 Å². The monoisotopic (exact) mass is 395 g/mol. The Morgan fingerprint density at radius 1 is 1.10 bits per heavy atom. The van der Waals surface area contributed by atoms with Crippen LogP contribution in [0.25, 0.3) is 21.9 Å². The van der Waals surface area contributed by atoms with Crippen molar-refractivity contribution in [3.05, 3.63) is 64.1 Å². The highest BCUT2D eigenvalue weighted by molar-refractivity contribution is 5.98. The number of aliphatic hydroxyl groups excluding tert-OH is 1. The van der Waals surface area contributed by atoms with Crippen molar-refractivity contribution < 1.29 is 14.6 Å². The molecule has 0 saturated heterocycles. The quantitative estimate of drug-likeness (QED) is 0.635. The maximum Gasteiger partial charge on any atom is 0.258 e. The van der Waals surface area contributed by atoms with Crippen LogP contribution >= 0.6 is 0 Å². The van der Waals surface area contributed by atoms with E-state index in [0.29, 0.717) is 11.8 Å². The maximum atomic E-state index is 13.0. The molecule has 1 unspecified atom stereocenters. The molecule has 2 aromatic carbocycles. The minimum absolute atomic E-state index is 0.0692. The van der Waals surface area contributed by atoms with E-state index in [4.69, 9.17) is 9.84 Å². The molecular weight excluding hydrogens is 366 g/mol. The van der Waals surface area contributed by atoms with Gasteiger partial charge in [0, 0.05) is 30.8 Å². The lowest BCUT2D eigenvalue weighted by molar-refractivity contribution is -0.109. The summed E-state index contributed by atoms with van der Waals surface area (Å²) in [5, 5.41) is 8.56. The molecule has 1 heterocycles. The Labute approximate surface area is 171 Å². The number of aliphatic hydroxyl groups is 1. The lowest BCUT2D eigenvalue weighted by Gasteiger charge is -2.22. The summed E-state index contributed by atoms with van der Waals surface area (Å²) in [5.74, 6) is 0.445. The molecule has 1 aromatic heterocycles. The van der Waals surface area contributed by atoms with E-state index >= 15 is 0 Å². The van der Waals surface area contributed by atoms with E-state index in [1.807, 2.05) is 56.3 Å². The van der Waals surface area contributed by atoms with Crippen molar-refractivity contribution in [2.45, 2.75) is 32.6 Å². The Bertz CT molecular complexity index is 1040. The number of fused-ring (bicyclic) bond motifs is 1. The molecular formula is C24H29NO4. The standard InChI is InChI=1S/C23H25NO3.CH4O/c1-5-6-17(14-25)22-21(16-8-10-18(27-4)11-9-16)20-13-15(2)7-12-19(20)23(26)24(22)3;1-2/h7-14,17H,5-6H2,1-4H3;2H,1H3. The fraction of sp³-hybridized carbons (Fsp3) is 0.333. The Kier molecular flexibility index (Phi) is 7.74. The van der Waals surface area contributed by atoms with Crippen molar-refractivity contribution in [3.8, 4) is 16.9 Å². The van der Waals surface area contributed by atoms with Gasteiger partial charge in [-0.25, -0.2) is 0 Å². The molecule has 5 heteroatoms. The number of nitrogens with zero attached hydrogens (tertiary/aromatic N) is 1. The summed E-state index contributed by atoms with van der Waals surface area (Å²) in [5.41, 5.74) is 3.71. The van der Waals surface area contributed by atoms with Crippen molar-refractivity contribution in [2.24, 2.45) is 7.05 Å². The number of pyridine rings is 1. The molecule has 1 atom stereocenters. The summed E-state index contributed by atoms with van der Waals surface area (Å²) in [6.07, 6.45) is 2.54. The van der Waals surface area contributed by atoms with Gasteiger partial charge in [0.25, 0.3) is 5.56 Å². The highest BCUT2D eigenvalue weighted by atomic mass is 16.5. The summed E-state index contributed by atoms with van der Waals surface area (Å²) in [6, 6.07) is 13.6. The van der Waals surface area contributed by atoms with E-state index in [9.17, 15) is 9.59 Å². The van der Waals surface area contributed by atoms with Gasteiger partial charge in [-0.1, -0.05) is 43.2 Å². The molecule has 3 aromatic rings. The van der Waals surface area contributed by atoms with Crippen molar-refractivity contribution >= 4 is 17.1 Å². The third-order valence-electron chi connectivity index (χ3n) is 5.09. The Morgan fingerprint density at radius 3 is 2.31 bits per heavy atom. The average molecular weight is 395 g/mol. The van der Waals surface area contributed by atoms with E-state index in [2.05, 4.69) is 0 Å². The first-order chi connectivity index (χ1) is 14.0. The normalized spacial score (nSPS) is 11.5. The average Bonchev–Trinajstić information content (AvgIpc) is 2.76. The summed E-state index contributed by atoms with van der Waals surface area (Å²) in [7, 11) is 4.39. The first-order valence-corrected chi connectivity index (χ1v) is 9.69. The molecule has 3 rings (SSSR count). The van der Waals surface area contributed by atoms with Gasteiger partial charge in [0.2, 0.25) is 0 Å². The van der Waals surface area contributed by atoms with Gasteiger partial charge in [-0.3, -0.25) is 4.79 Å². The second-order valence-corrected chi connectivity index (χ2v) is 6.93. The topological polar surface area (TPSA) is 68.5 Å². The zero-order valence-electron chi connectivity index (χ0n) is 17.7. The number of benzene rings is 2. The second kappa shape index (κ2) is 10.0. The first kappa shape index (κ1) is 22.4. The number of ether oxygens (including phenoxy) is 1. The predicted molar refractivity (Wildman–Crippen MR) is 118 cm³/mol. The molecule has 29 heavy (non-hydrogen) atoms. The van der Waals surface area contributed by atoms with Crippen LogP contribution in [0.3, 0.4) is 0 Å². The number of carbonyl (C=O) groups is 1. The molecule has 0 spiro atoms. The molecule has 0 amide bonds. The van der Waals surface area contributed by atoms with Crippen LogP contribution in [0.1, 0.15) is 36.9 Å². The van der Waals surface area contributed by atoms with Gasteiger partial charge in [0.1, 0.15) is 12.0 Å². The van der Waals surface area contributed by atoms with Crippen LogP contribution < -0.4 is 10.3 Å². The number of rotatable bonds is 6. The third kappa shape index (κ3) is 4.40. The Hall–Kier alpha value is -2.92. The summed E-state index contributed by atoms with van der Waals surface area (Å²) < 4.78 is 6.93. The summed E-state index contributed by atoms with van der Waals surface area (Å²) in [4.78, 5) is 24.9. The van der Waals surface area contributed by atoms with Gasteiger partial charge in [0.15, 0.2) is 0 Å². The van der Waals surface area contributed by atoms with Gasteiger partial charge in [-0.2, -0.15) is 0 Å². The van der Waals surface area contributed by atoms with Crippen LogP contribution in [0.15, 0.2) is 47.3 Å². The number of methoxy groups -OCH3 is 1. The van der Waals surface area contributed by atoms with Crippen molar-refractivity contribution in [1.82, 2.24) is 4.57 Å². The number of aryl methyl sites for hydroxylation is 1. The molecule has 1 N–H and O–H groups in total. The summed E-state index contributed by atoms with van der Waals surface area (Å²) >= 11 is 0. The lowest BCUT2D eigenvalue weighted by atomic mass is 9.89. The Balaban J connectivity index is 0.00000145. The molecule has 0 bridgehead atoms. The molecule has 5 nitrogen and oxygen atoms in total. The zero-order chi connectivity index (χ0) is 21.6. The van der Waals surface area contributed by atoms with Crippen molar-refractivity contribution in [2.75, 3.05) is 14.2 Å². The molecule has 0 aliphatic rings. The predicted octanol–water partition coefficient (Wildman–Crippen LogP) is 4.21. The van der Waals surface area contributed by atoms with Gasteiger partial charge in [-0.05, 0) is 42.5 Å². The highest BCUT2D eigenvalue weighted by Crippen LogP contribution is 2.36. The minimum Gasteiger partial charge on any atom is -0.497 e. The highest BCUT2D eigenvalue weighted by Gasteiger charge is 2.22. The Morgan fingerprint density at radius 2 is 1.76 bits per heavy atom. The lowest BCUT2D eigenvalue weighted by Crippen LogP contribution is -2.24. The number of aromatic nitrogens is 1. The van der Waals surface area contributed by atoms with Gasteiger partial charge >= 0.3 is 0 Å². The number of carbonyl (C=O) groups excluding carboxylic acids is 1. The van der Waals surface area contributed by atoms with Gasteiger partial charge < -0.3 is 19.2 Å². The van der Waals surface area contributed by atoms with E-state index in [-0.39, 0.29) is 11.5 Å².